The summed E-state index contributed by atoms with van der Waals surface area (Å²) in [7, 11) is 0. The molecule has 0 fully saturated rings. The van der Waals surface area contributed by atoms with Gasteiger partial charge in [-0.15, -0.1) is 0 Å². The Labute approximate surface area is 101 Å². The quantitative estimate of drug-likeness (QED) is 0.813. The lowest BCUT2D eigenvalue weighted by Gasteiger charge is -2.17. The van der Waals surface area contributed by atoms with Crippen molar-refractivity contribution in [1.82, 2.24) is 9.97 Å². The molecular formula is C13H16N4. The standard InChI is InChI=1S/C13H16N4/c14-9-12(8-11-4-2-1-3-5-11)17-13-10-15-6-7-16-13/h1-7,10,12H,8-9,14H2,(H,16,17). The van der Waals surface area contributed by atoms with Gasteiger partial charge in [-0.3, -0.25) is 4.98 Å². The van der Waals surface area contributed by atoms with Gasteiger partial charge in [-0.2, -0.15) is 0 Å². The van der Waals surface area contributed by atoms with Crippen LogP contribution < -0.4 is 11.1 Å². The zero-order valence-corrected chi connectivity index (χ0v) is 9.58. The molecule has 1 aromatic heterocycles. The van der Waals surface area contributed by atoms with Crippen LogP contribution in [0.3, 0.4) is 0 Å². The summed E-state index contributed by atoms with van der Waals surface area (Å²) in [5.41, 5.74) is 7.02. The highest BCUT2D eigenvalue weighted by Gasteiger charge is 2.07. The molecule has 4 heteroatoms. The molecule has 1 heterocycles. The van der Waals surface area contributed by atoms with E-state index in [1.807, 2.05) is 18.2 Å². The van der Waals surface area contributed by atoms with E-state index in [1.54, 1.807) is 18.6 Å². The van der Waals surface area contributed by atoms with Crippen LogP contribution in [0.5, 0.6) is 0 Å². The minimum absolute atomic E-state index is 0.175. The number of nitrogens with two attached hydrogens (primary N) is 1. The number of aromatic nitrogens is 2. The topological polar surface area (TPSA) is 63.8 Å². The SMILES string of the molecule is NCC(Cc1ccccc1)Nc1cnccn1. The molecule has 0 saturated heterocycles. The largest absolute Gasteiger partial charge is 0.364 e. The van der Waals surface area contributed by atoms with Crippen molar-refractivity contribution in [3.05, 3.63) is 54.5 Å². The Kier molecular flexibility index (Phi) is 4.05. The molecule has 4 nitrogen and oxygen atoms in total. The van der Waals surface area contributed by atoms with Gasteiger partial charge >= 0.3 is 0 Å². The highest BCUT2D eigenvalue weighted by Crippen LogP contribution is 2.07. The van der Waals surface area contributed by atoms with Crippen LogP contribution in [0.15, 0.2) is 48.9 Å². The number of anilines is 1. The summed E-state index contributed by atoms with van der Waals surface area (Å²) >= 11 is 0. The first-order valence-electron chi connectivity index (χ1n) is 5.65. The Balaban J connectivity index is 1.98. The van der Waals surface area contributed by atoms with Crippen LogP contribution in [0, 0.1) is 0 Å². The number of benzene rings is 1. The fourth-order valence-corrected chi connectivity index (χ4v) is 1.67. The van der Waals surface area contributed by atoms with Gasteiger partial charge in [-0.1, -0.05) is 30.3 Å². The van der Waals surface area contributed by atoms with E-state index in [1.165, 1.54) is 5.56 Å². The minimum atomic E-state index is 0.175. The van der Waals surface area contributed by atoms with Crippen LogP contribution in [0.1, 0.15) is 5.56 Å². The first kappa shape index (κ1) is 11.5. The first-order valence-corrected chi connectivity index (χ1v) is 5.65. The molecule has 0 bridgehead atoms. The number of nitrogens with one attached hydrogen (secondary N) is 1. The third-order valence-corrected chi connectivity index (χ3v) is 2.52. The second-order valence-corrected chi connectivity index (χ2v) is 3.86. The van der Waals surface area contributed by atoms with Gasteiger partial charge < -0.3 is 11.1 Å². The Morgan fingerprint density at radius 1 is 1.18 bits per heavy atom. The third-order valence-electron chi connectivity index (χ3n) is 2.52. The molecule has 2 rings (SSSR count). The van der Waals surface area contributed by atoms with Crippen molar-refractivity contribution in [2.45, 2.75) is 12.5 Å². The van der Waals surface area contributed by atoms with Gasteiger partial charge in [0, 0.05) is 25.0 Å². The highest BCUT2D eigenvalue weighted by molar-refractivity contribution is 5.32. The lowest BCUT2D eigenvalue weighted by molar-refractivity contribution is 0.719. The number of hydrogen-bond acceptors (Lipinski definition) is 4. The van der Waals surface area contributed by atoms with E-state index in [2.05, 4.69) is 27.4 Å². The van der Waals surface area contributed by atoms with Crippen LogP contribution in [0.4, 0.5) is 5.82 Å². The van der Waals surface area contributed by atoms with E-state index in [9.17, 15) is 0 Å². The third kappa shape index (κ3) is 3.53. The van der Waals surface area contributed by atoms with Crippen molar-refractivity contribution < 1.29 is 0 Å². The number of hydrogen-bond donors (Lipinski definition) is 2. The summed E-state index contributed by atoms with van der Waals surface area (Å²) in [6, 6.07) is 10.4. The van der Waals surface area contributed by atoms with Crippen LogP contribution in [0.2, 0.25) is 0 Å². The van der Waals surface area contributed by atoms with Gasteiger partial charge in [0.2, 0.25) is 0 Å². The molecular weight excluding hydrogens is 212 g/mol. The molecule has 17 heavy (non-hydrogen) atoms. The van der Waals surface area contributed by atoms with Gasteiger partial charge in [0.1, 0.15) is 5.82 Å². The van der Waals surface area contributed by atoms with Crippen molar-refractivity contribution in [1.29, 1.82) is 0 Å². The summed E-state index contributed by atoms with van der Waals surface area (Å²) < 4.78 is 0. The molecule has 0 aliphatic heterocycles. The molecule has 0 spiro atoms. The Morgan fingerprint density at radius 3 is 2.65 bits per heavy atom. The van der Waals surface area contributed by atoms with E-state index in [-0.39, 0.29) is 6.04 Å². The highest BCUT2D eigenvalue weighted by atomic mass is 15.0. The second-order valence-electron chi connectivity index (χ2n) is 3.86. The van der Waals surface area contributed by atoms with E-state index >= 15 is 0 Å². The van der Waals surface area contributed by atoms with E-state index in [4.69, 9.17) is 5.73 Å². The predicted octanol–water partition coefficient (Wildman–Crippen LogP) is 1.46. The van der Waals surface area contributed by atoms with E-state index in [0.717, 1.165) is 12.2 Å². The predicted molar refractivity (Wildman–Crippen MR) is 68.6 cm³/mol. The van der Waals surface area contributed by atoms with Crippen molar-refractivity contribution >= 4 is 5.82 Å². The molecule has 0 saturated carbocycles. The van der Waals surface area contributed by atoms with Gasteiger partial charge in [-0.05, 0) is 12.0 Å². The molecule has 2 aromatic rings. The van der Waals surface area contributed by atoms with Crippen molar-refractivity contribution in [2.75, 3.05) is 11.9 Å². The average Bonchev–Trinajstić information content (AvgIpc) is 2.40. The molecule has 1 atom stereocenters. The zero-order chi connectivity index (χ0) is 11.9. The Hall–Kier alpha value is -1.94. The molecule has 3 N–H and O–H groups in total. The van der Waals surface area contributed by atoms with E-state index < -0.39 is 0 Å². The summed E-state index contributed by atoms with van der Waals surface area (Å²) in [6.07, 6.45) is 5.90. The molecule has 0 aliphatic rings. The van der Waals surface area contributed by atoms with Crippen molar-refractivity contribution in [3.8, 4) is 0 Å². The number of nitrogens with zero attached hydrogens (tertiary/aromatic N) is 2. The Morgan fingerprint density at radius 2 is 2.00 bits per heavy atom. The Bertz CT molecular complexity index is 388. The lowest BCUT2D eigenvalue weighted by atomic mass is 10.1. The van der Waals surface area contributed by atoms with Gasteiger partial charge in [-0.25, -0.2) is 4.98 Å². The lowest BCUT2D eigenvalue weighted by Crippen LogP contribution is -2.31. The van der Waals surface area contributed by atoms with Crippen LogP contribution in [-0.2, 0) is 6.42 Å². The maximum absolute atomic E-state index is 5.76. The minimum Gasteiger partial charge on any atom is -0.364 e. The van der Waals surface area contributed by atoms with Crippen molar-refractivity contribution in [3.63, 3.8) is 0 Å². The van der Waals surface area contributed by atoms with Gasteiger partial charge in [0.25, 0.3) is 0 Å². The summed E-state index contributed by atoms with van der Waals surface area (Å²) in [5, 5.41) is 3.28. The second kappa shape index (κ2) is 5.96. The molecule has 1 unspecified atom stereocenters. The maximum atomic E-state index is 5.76. The maximum Gasteiger partial charge on any atom is 0.144 e. The molecule has 0 radical (unpaired) electrons. The zero-order valence-electron chi connectivity index (χ0n) is 9.58. The van der Waals surface area contributed by atoms with Crippen LogP contribution in [0.25, 0.3) is 0 Å². The molecule has 88 valence electrons. The van der Waals surface area contributed by atoms with Crippen LogP contribution >= 0.6 is 0 Å². The fraction of sp³-hybridized carbons (Fsp3) is 0.231. The van der Waals surface area contributed by atoms with Crippen LogP contribution in [-0.4, -0.2) is 22.6 Å². The fourth-order valence-electron chi connectivity index (χ4n) is 1.67. The summed E-state index contributed by atoms with van der Waals surface area (Å²) in [4.78, 5) is 8.19. The molecule has 0 aliphatic carbocycles. The smallest absolute Gasteiger partial charge is 0.144 e. The number of rotatable bonds is 5. The average molecular weight is 228 g/mol. The molecule has 0 amide bonds. The normalized spacial score (nSPS) is 12.1. The molecule has 1 aromatic carbocycles. The monoisotopic (exact) mass is 228 g/mol. The van der Waals surface area contributed by atoms with Gasteiger partial charge in [0.05, 0.1) is 6.20 Å². The van der Waals surface area contributed by atoms with E-state index in [0.29, 0.717) is 6.54 Å². The van der Waals surface area contributed by atoms with Gasteiger partial charge in [0.15, 0.2) is 0 Å². The van der Waals surface area contributed by atoms with Crippen molar-refractivity contribution in [2.24, 2.45) is 5.73 Å². The first-order chi connectivity index (χ1) is 8.38. The summed E-state index contributed by atoms with van der Waals surface area (Å²) in [6.45, 7) is 0.561. The summed E-state index contributed by atoms with van der Waals surface area (Å²) in [5.74, 6) is 0.763.